The molecule has 128 valence electrons. The summed E-state index contributed by atoms with van der Waals surface area (Å²) in [5, 5.41) is 11.3. The van der Waals surface area contributed by atoms with Crippen LogP contribution in [-0.2, 0) is 13.0 Å². The van der Waals surface area contributed by atoms with E-state index in [-0.39, 0.29) is 0 Å². The normalized spacial score (nSPS) is 13.6. The summed E-state index contributed by atoms with van der Waals surface area (Å²) < 4.78 is 5.55. The van der Waals surface area contributed by atoms with Crippen molar-refractivity contribution in [3.63, 3.8) is 0 Å². The highest BCUT2D eigenvalue weighted by atomic mass is 35.5. The fourth-order valence-electron chi connectivity index (χ4n) is 3.21. The van der Waals surface area contributed by atoms with Crippen LogP contribution in [0.1, 0.15) is 16.8 Å². The fraction of sp³-hybridized carbons (Fsp3) is 0.278. The van der Waals surface area contributed by atoms with Crippen LogP contribution in [0.15, 0.2) is 28.9 Å². The molecule has 1 aromatic carbocycles. The summed E-state index contributed by atoms with van der Waals surface area (Å²) in [5.74, 6) is 1.01. The van der Waals surface area contributed by atoms with Crippen LogP contribution in [0.4, 0.5) is 5.69 Å². The van der Waals surface area contributed by atoms with Crippen molar-refractivity contribution >= 4 is 17.3 Å². The predicted octanol–water partition coefficient (Wildman–Crippen LogP) is 3.45. The van der Waals surface area contributed by atoms with E-state index in [1.165, 1.54) is 11.1 Å². The summed E-state index contributed by atoms with van der Waals surface area (Å²) in [4.78, 5) is 9.14. The number of halogens is 1. The molecule has 7 heteroatoms. The van der Waals surface area contributed by atoms with Crippen molar-refractivity contribution in [3.05, 3.63) is 46.2 Å². The number of pyridine rings is 1. The van der Waals surface area contributed by atoms with Gasteiger partial charge >= 0.3 is 0 Å². The minimum absolute atomic E-state index is 0.438. The Morgan fingerprint density at radius 2 is 2.20 bits per heavy atom. The lowest BCUT2D eigenvalue weighted by molar-refractivity contribution is 0.432. The van der Waals surface area contributed by atoms with Gasteiger partial charge in [-0.15, -0.1) is 0 Å². The maximum Gasteiger partial charge on any atom is 0.260 e. The number of nitrogens with zero attached hydrogens (tertiary/aromatic N) is 3. The van der Waals surface area contributed by atoms with Crippen molar-refractivity contribution in [3.8, 4) is 22.8 Å². The van der Waals surface area contributed by atoms with E-state index < -0.39 is 0 Å². The van der Waals surface area contributed by atoms with Gasteiger partial charge in [0.25, 0.3) is 5.89 Å². The smallest absolute Gasteiger partial charge is 0.260 e. The van der Waals surface area contributed by atoms with Gasteiger partial charge in [0.1, 0.15) is 0 Å². The molecular formula is C18H18ClN5O. The van der Waals surface area contributed by atoms with Gasteiger partial charge in [-0.25, -0.2) is 0 Å². The van der Waals surface area contributed by atoms with Gasteiger partial charge in [0.2, 0.25) is 5.82 Å². The number of hydrogen-bond acceptors (Lipinski definition) is 6. The van der Waals surface area contributed by atoms with E-state index in [1.54, 1.807) is 0 Å². The first-order valence-corrected chi connectivity index (χ1v) is 8.55. The standard InChI is InChI=1S/C18H18ClN5O/c1-10-16(13-5-6-21-8-11(13)9-22-10)17-23-18(25-24-17)14-7-12(19)3-4-15(14)20-2/h3-4,7,9,20-21H,5-6,8H2,1-2H3. The number of aromatic nitrogens is 3. The predicted molar refractivity (Wildman–Crippen MR) is 97.7 cm³/mol. The zero-order chi connectivity index (χ0) is 17.4. The number of fused-ring (bicyclic) bond motifs is 1. The van der Waals surface area contributed by atoms with Crippen molar-refractivity contribution < 1.29 is 4.52 Å². The molecule has 0 fully saturated rings. The molecule has 3 aromatic rings. The second kappa shape index (κ2) is 6.46. The summed E-state index contributed by atoms with van der Waals surface area (Å²) in [6.45, 7) is 3.73. The molecule has 25 heavy (non-hydrogen) atoms. The Labute approximate surface area is 150 Å². The van der Waals surface area contributed by atoms with Crippen LogP contribution >= 0.6 is 11.6 Å². The summed E-state index contributed by atoms with van der Waals surface area (Å²) in [6.07, 6.45) is 2.86. The lowest BCUT2D eigenvalue weighted by Gasteiger charge is -2.19. The van der Waals surface area contributed by atoms with Crippen LogP contribution in [0, 0.1) is 6.92 Å². The van der Waals surface area contributed by atoms with Crippen molar-refractivity contribution in [2.24, 2.45) is 0 Å². The molecule has 0 aliphatic carbocycles. The molecule has 1 aliphatic heterocycles. The molecule has 0 atom stereocenters. The lowest BCUT2D eigenvalue weighted by Crippen LogP contribution is -2.24. The summed E-state index contributed by atoms with van der Waals surface area (Å²) >= 11 is 6.13. The third-order valence-corrected chi connectivity index (χ3v) is 4.70. The van der Waals surface area contributed by atoms with Gasteiger partial charge in [-0.05, 0) is 49.2 Å². The molecule has 0 saturated carbocycles. The number of anilines is 1. The van der Waals surface area contributed by atoms with E-state index in [4.69, 9.17) is 16.1 Å². The highest BCUT2D eigenvalue weighted by Gasteiger charge is 2.22. The first-order chi connectivity index (χ1) is 12.2. The van der Waals surface area contributed by atoms with Gasteiger partial charge in [-0.2, -0.15) is 4.98 Å². The van der Waals surface area contributed by atoms with Crippen LogP contribution in [0.5, 0.6) is 0 Å². The largest absolute Gasteiger partial charge is 0.387 e. The summed E-state index contributed by atoms with van der Waals surface area (Å²) in [7, 11) is 1.85. The molecule has 2 aromatic heterocycles. The Morgan fingerprint density at radius 3 is 3.04 bits per heavy atom. The molecule has 3 heterocycles. The maximum absolute atomic E-state index is 6.13. The first kappa shape index (κ1) is 16.1. The molecule has 0 amide bonds. The molecule has 0 spiro atoms. The van der Waals surface area contributed by atoms with E-state index in [1.807, 2.05) is 38.4 Å². The molecule has 4 rings (SSSR count). The minimum Gasteiger partial charge on any atom is -0.387 e. The van der Waals surface area contributed by atoms with Gasteiger partial charge in [0, 0.05) is 41.8 Å². The van der Waals surface area contributed by atoms with Gasteiger partial charge in [0.05, 0.1) is 5.56 Å². The zero-order valence-corrected chi connectivity index (χ0v) is 14.8. The van der Waals surface area contributed by atoms with Crippen LogP contribution in [-0.4, -0.2) is 28.7 Å². The van der Waals surface area contributed by atoms with Gasteiger partial charge in [-0.3, -0.25) is 4.98 Å². The number of aryl methyl sites for hydroxylation is 1. The van der Waals surface area contributed by atoms with Crippen LogP contribution in [0.3, 0.4) is 0 Å². The SMILES string of the molecule is CNc1ccc(Cl)cc1-c1nc(-c2c(C)ncc3c2CCNC3)no1. The molecule has 0 radical (unpaired) electrons. The van der Waals surface area contributed by atoms with Crippen LogP contribution in [0.2, 0.25) is 5.02 Å². The minimum atomic E-state index is 0.438. The third kappa shape index (κ3) is 2.88. The highest BCUT2D eigenvalue weighted by Crippen LogP contribution is 2.33. The van der Waals surface area contributed by atoms with E-state index in [0.29, 0.717) is 16.7 Å². The second-order valence-electron chi connectivity index (χ2n) is 6.01. The van der Waals surface area contributed by atoms with Crippen LogP contribution in [0.25, 0.3) is 22.8 Å². The number of rotatable bonds is 3. The summed E-state index contributed by atoms with van der Waals surface area (Å²) in [5.41, 5.74) is 5.99. The Bertz CT molecular complexity index is 937. The summed E-state index contributed by atoms with van der Waals surface area (Å²) in [6, 6.07) is 5.54. The van der Waals surface area contributed by atoms with Gasteiger partial charge in [-0.1, -0.05) is 16.8 Å². The first-order valence-electron chi connectivity index (χ1n) is 8.17. The van der Waals surface area contributed by atoms with Gasteiger partial charge < -0.3 is 15.2 Å². The van der Waals surface area contributed by atoms with E-state index in [2.05, 4.69) is 25.8 Å². The van der Waals surface area contributed by atoms with Crippen molar-refractivity contribution in [1.82, 2.24) is 20.4 Å². The monoisotopic (exact) mass is 355 g/mol. The van der Waals surface area contributed by atoms with Crippen molar-refractivity contribution in [2.45, 2.75) is 19.9 Å². The maximum atomic E-state index is 6.13. The van der Waals surface area contributed by atoms with Crippen molar-refractivity contribution in [2.75, 3.05) is 18.9 Å². The van der Waals surface area contributed by atoms with E-state index >= 15 is 0 Å². The average Bonchev–Trinajstić information content (AvgIpc) is 3.11. The topological polar surface area (TPSA) is 75.9 Å². The number of hydrogen-bond donors (Lipinski definition) is 2. The molecule has 0 saturated heterocycles. The third-order valence-electron chi connectivity index (χ3n) is 4.46. The Kier molecular flexibility index (Phi) is 4.15. The van der Waals surface area contributed by atoms with Crippen molar-refractivity contribution in [1.29, 1.82) is 0 Å². The quantitative estimate of drug-likeness (QED) is 0.749. The van der Waals surface area contributed by atoms with E-state index in [9.17, 15) is 0 Å². The molecule has 0 bridgehead atoms. The van der Waals surface area contributed by atoms with Crippen LogP contribution < -0.4 is 10.6 Å². The second-order valence-corrected chi connectivity index (χ2v) is 6.45. The zero-order valence-electron chi connectivity index (χ0n) is 14.1. The fourth-order valence-corrected chi connectivity index (χ4v) is 3.39. The highest BCUT2D eigenvalue weighted by molar-refractivity contribution is 6.31. The Hall–Kier alpha value is -2.44. The molecular weight excluding hydrogens is 338 g/mol. The number of nitrogens with one attached hydrogen (secondary N) is 2. The average molecular weight is 356 g/mol. The Balaban J connectivity index is 1.82. The molecule has 1 aliphatic rings. The lowest BCUT2D eigenvalue weighted by atomic mass is 9.95. The number of benzene rings is 1. The molecule has 6 nitrogen and oxygen atoms in total. The molecule has 2 N–H and O–H groups in total. The van der Waals surface area contributed by atoms with E-state index in [0.717, 1.165) is 42.0 Å². The van der Waals surface area contributed by atoms with Gasteiger partial charge in [0.15, 0.2) is 0 Å². The Morgan fingerprint density at radius 1 is 1.32 bits per heavy atom. The molecule has 0 unspecified atom stereocenters.